The van der Waals surface area contributed by atoms with Crippen molar-refractivity contribution < 1.29 is 13.5 Å². The lowest BCUT2D eigenvalue weighted by Crippen LogP contribution is -2.34. The molecule has 0 aliphatic carbocycles. The molecule has 1 N–H and O–H groups in total. The predicted octanol–water partition coefficient (Wildman–Crippen LogP) is 0.546. The van der Waals surface area contributed by atoms with Crippen LogP contribution in [0.15, 0.2) is 4.90 Å². The van der Waals surface area contributed by atoms with Crippen molar-refractivity contribution in [2.24, 2.45) is 7.05 Å². The largest absolute Gasteiger partial charge is 0.392 e. The Hall–Kier alpha value is -0.920. The molecule has 0 saturated carbocycles. The van der Waals surface area contributed by atoms with E-state index in [4.69, 9.17) is 0 Å². The van der Waals surface area contributed by atoms with Crippen molar-refractivity contribution >= 4 is 10.0 Å². The van der Waals surface area contributed by atoms with Crippen LogP contribution in [0.3, 0.4) is 0 Å². The number of rotatable bonds is 6. The lowest BCUT2D eigenvalue weighted by Gasteiger charge is -2.19. The first kappa shape index (κ1) is 16.1. The fourth-order valence-electron chi connectivity index (χ4n) is 2.14. The van der Waals surface area contributed by atoms with Crippen LogP contribution < -0.4 is 0 Å². The van der Waals surface area contributed by atoms with E-state index < -0.39 is 16.1 Å². The normalized spacial score (nSPS) is 14.1. The van der Waals surface area contributed by atoms with Gasteiger partial charge >= 0.3 is 0 Å². The summed E-state index contributed by atoms with van der Waals surface area (Å²) in [6, 6.07) is 0. The summed E-state index contributed by atoms with van der Waals surface area (Å²) in [5, 5.41) is 13.6. The second-order valence-electron chi connectivity index (χ2n) is 4.69. The number of aryl methyl sites for hydroxylation is 2. The molecule has 0 spiro atoms. The van der Waals surface area contributed by atoms with Gasteiger partial charge in [-0.05, 0) is 19.8 Å². The molecule has 1 heterocycles. The third-order valence-electron chi connectivity index (χ3n) is 3.04. The van der Waals surface area contributed by atoms with Crippen molar-refractivity contribution in [2.75, 3.05) is 13.6 Å². The molecule has 6 nitrogen and oxygen atoms in total. The molecule has 1 atom stereocenters. The Morgan fingerprint density at radius 2 is 1.95 bits per heavy atom. The van der Waals surface area contributed by atoms with Gasteiger partial charge in [-0.15, -0.1) is 0 Å². The highest BCUT2D eigenvalue weighted by molar-refractivity contribution is 7.89. The van der Waals surface area contributed by atoms with Crippen molar-refractivity contribution in [1.82, 2.24) is 14.1 Å². The van der Waals surface area contributed by atoms with Gasteiger partial charge in [-0.3, -0.25) is 4.68 Å². The zero-order chi connectivity index (χ0) is 14.8. The third kappa shape index (κ3) is 3.16. The molecule has 0 amide bonds. The van der Waals surface area contributed by atoms with E-state index in [0.29, 0.717) is 29.1 Å². The fourth-order valence-corrected chi connectivity index (χ4v) is 3.93. The second kappa shape index (κ2) is 6.02. The summed E-state index contributed by atoms with van der Waals surface area (Å²) < 4.78 is 28.0. The average molecular weight is 289 g/mol. The van der Waals surface area contributed by atoms with E-state index in [2.05, 4.69) is 5.10 Å². The highest BCUT2D eigenvalue weighted by Crippen LogP contribution is 2.24. The standard InChI is InChI=1S/C12H23N3O3S/c1-6-10-12(11(7-2)15(5)13-10)19(17,18)14(4)8-9(3)16/h9,16H,6-8H2,1-5H3. The number of hydrogen-bond donors (Lipinski definition) is 1. The predicted molar refractivity (Wildman–Crippen MR) is 73.5 cm³/mol. The smallest absolute Gasteiger partial charge is 0.246 e. The van der Waals surface area contributed by atoms with Crippen LogP contribution >= 0.6 is 0 Å². The molecule has 1 rings (SSSR count). The number of nitrogens with zero attached hydrogens (tertiary/aromatic N) is 3. The van der Waals surface area contributed by atoms with E-state index in [0.717, 1.165) is 0 Å². The van der Waals surface area contributed by atoms with Gasteiger partial charge in [-0.2, -0.15) is 9.40 Å². The van der Waals surface area contributed by atoms with Crippen molar-refractivity contribution in [3.63, 3.8) is 0 Å². The Balaban J connectivity index is 3.35. The molecule has 0 saturated heterocycles. The molecular formula is C12H23N3O3S. The molecule has 0 aromatic carbocycles. The molecule has 0 bridgehead atoms. The van der Waals surface area contributed by atoms with Gasteiger partial charge in [-0.25, -0.2) is 8.42 Å². The Kier molecular flexibility index (Phi) is 5.11. The minimum atomic E-state index is -3.61. The molecular weight excluding hydrogens is 266 g/mol. The number of likely N-dealkylation sites (N-methyl/N-ethyl adjacent to an activating group) is 1. The van der Waals surface area contributed by atoms with Crippen molar-refractivity contribution in [3.8, 4) is 0 Å². The summed E-state index contributed by atoms with van der Waals surface area (Å²) >= 11 is 0. The van der Waals surface area contributed by atoms with Gasteiger partial charge in [0.25, 0.3) is 0 Å². The summed E-state index contributed by atoms with van der Waals surface area (Å²) in [6.07, 6.45) is 0.456. The molecule has 0 radical (unpaired) electrons. The third-order valence-corrected chi connectivity index (χ3v) is 5.00. The monoisotopic (exact) mass is 289 g/mol. The van der Waals surface area contributed by atoms with Gasteiger partial charge in [0.2, 0.25) is 10.0 Å². The molecule has 0 aliphatic rings. The maximum atomic E-state index is 12.6. The zero-order valence-electron chi connectivity index (χ0n) is 12.2. The molecule has 19 heavy (non-hydrogen) atoms. The van der Waals surface area contributed by atoms with E-state index in [1.807, 2.05) is 13.8 Å². The number of aliphatic hydroxyl groups excluding tert-OH is 1. The van der Waals surface area contributed by atoms with Gasteiger partial charge in [-0.1, -0.05) is 13.8 Å². The topological polar surface area (TPSA) is 75.4 Å². The van der Waals surface area contributed by atoms with Crippen LogP contribution in [0.25, 0.3) is 0 Å². The Morgan fingerprint density at radius 3 is 2.37 bits per heavy atom. The molecule has 0 aliphatic heterocycles. The highest BCUT2D eigenvalue weighted by Gasteiger charge is 2.30. The first-order valence-corrected chi connectivity index (χ1v) is 7.88. The van der Waals surface area contributed by atoms with Gasteiger partial charge in [0.05, 0.1) is 17.5 Å². The summed E-state index contributed by atoms with van der Waals surface area (Å²) in [4.78, 5) is 0.295. The van der Waals surface area contributed by atoms with E-state index in [-0.39, 0.29) is 6.54 Å². The maximum Gasteiger partial charge on any atom is 0.246 e. The van der Waals surface area contributed by atoms with Crippen LogP contribution in [0.2, 0.25) is 0 Å². The van der Waals surface area contributed by atoms with Gasteiger partial charge in [0.15, 0.2) is 0 Å². The first-order valence-electron chi connectivity index (χ1n) is 6.44. The summed E-state index contributed by atoms with van der Waals surface area (Å²) in [7, 11) is -0.373. The number of sulfonamides is 1. The summed E-state index contributed by atoms with van der Waals surface area (Å²) in [6.45, 7) is 5.43. The second-order valence-corrected chi connectivity index (χ2v) is 6.67. The number of aliphatic hydroxyl groups is 1. The van der Waals surface area contributed by atoms with E-state index in [9.17, 15) is 13.5 Å². The maximum absolute atomic E-state index is 12.6. The van der Waals surface area contributed by atoms with Crippen LogP contribution in [0.1, 0.15) is 32.2 Å². The number of aromatic nitrogens is 2. The van der Waals surface area contributed by atoms with Crippen LogP contribution in [0.5, 0.6) is 0 Å². The molecule has 1 unspecified atom stereocenters. The van der Waals surface area contributed by atoms with Crippen molar-refractivity contribution in [1.29, 1.82) is 0 Å². The molecule has 7 heteroatoms. The Morgan fingerprint density at radius 1 is 1.37 bits per heavy atom. The summed E-state index contributed by atoms with van der Waals surface area (Å²) in [5.74, 6) is 0. The van der Waals surface area contributed by atoms with Gasteiger partial charge in [0.1, 0.15) is 4.90 Å². The van der Waals surface area contributed by atoms with Crippen LogP contribution in [-0.2, 0) is 29.9 Å². The minimum absolute atomic E-state index is 0.0730. The van der Waals surface area contributed by atoms with Crippen LogP contribution in [-0.4, -0.2) is 47.3 Å². The summed E-state index contributed by atoms with van der Waals surface area (Å²) in [5.41, 5.74) is 1.28. The van der Waals surface area contributed by atoms with E-state index in [1.165, 1.54) is 11.4 Å². The molecule has 110 valence electrons. The minimum Gasteiger partial charge on any atom is -0.392 e. The zero-order valence-corrected chi connectivity index (χ0v) is 13.0. The molecule has 1 aromatic rings. The van der Waals surface area contributed by atoms with E-state index >= 15 is 0 Å². The molecule has 1 aromatic heterocycles. The van der Waals surface area contributed by atoms with Gasteiger partial charge < -0.3 is 5.11 Å². The lowest BCUT2D eigenvalue weighted by atomic mass is 10.2. The highest BCUT2D eigenvalue weighted by atomic mass is 32.2. The number of hydrogen-bond acceptors (Lipinski definition) is 4. The van der Waals surface area contributed by atoms with Crippen LogP contribution in [0, 0.1) is 0 Å². The quantitative estimate of drug-likeness (QED) is 0.829. The first-order chi connectivity index (χ1) is 8.75. The fraction of sp³-hybridized carbons (Fsp3) is 0.750. The Bertz CT molecular complexity index is 535. The van der Waals surface area contributed by atoms with Crippen LogP contribution in [0.4, 0.5) is 0 Å². The van der Waals surface area contributed by atoms with E-state index in [1.54, 1.807) is 18.7 Å². The average Bonchev–Trinajstić information content (AvgIpc) is 2.64. The van der Waals surface area contributed by atoms with Crippen molar-refractivity contribution in [3.05, 3.63) is 11.4 Å². The van der Waals surface area contributed by atoms with Crippen molar-refractivity contribution in [2.45, 2.75) is 44.6 Å². The molecule has 0 fully saturated rings. The SMILES string of the molecule is CCc1nn(C)c(CC)c1S(=O)(=O)N(C)CC(C)O. The lowest BCUT2D eigenvalue weighted by molar-refractivity contribution is 0.171. The Labute approximate surface area is 115 Å². The van der Waals surface area contributed by atoms with Gasteiger partial charge in [0, 0.05) is 20.6 Å².